The van der Waals surface area contributed by atoms with Gasteiger partial charge in [-0.15, -0.1) is 0 Å². The molecule has 1 aliphatic heterocycles. The van der Waals surface area contributed by atoms with Gasteiger partial charge >= 0.3 is 0 Å². The van der Waals surface area contributed by atoms with Crippen molar-refractivity contribution in [2.24, 2.45) is 0 Å². The van der Waals surface area contributed by atoms with Crippen molar-refractivity contribution in [3.8, 4) is 5.75 Å². The lowest BCUT2D eigenvalue weighted by Crippen LogP contribution is -2.42. The fraction of sp³-hybridized carbons (Fsp3) is 0.125. The molecule has 0 bridgehead atoms. The molecule has 1 N–H and O–H groups in total. The van der Waals surface area contributed by atoms with Gasteiger partial charge < -0.3 is 14.6 Å². The van der Waals surface area contributed by atoms with Gasteiger partial charge in [-0.3, -0.25) is 0 Å². The van der Waals surface area contributed by atoms with Crippen molar-refractivity contribution in [3.63, 3.8) is 0 Å². The number of nitrogens with zero attached hydrogens (tertiary/aromatic N) is 1. The van der Waals surface area contributed by atoms with Crippen molar-refractivity contribution in [1.29, 1.82) is 0 Å². The molecule has 1 aromatic heterocycles. The average molecular weight is 471 g/mol. The van der Waals surface area contributed by atoms with Gasteiger partial charge in [0.2, 0.25) is 0 Å². The van der Waals surface area contributed by atoms with Crippen molar-refractivity contribution in [1.82, 2.24) is 9.88 Å². The predicted molar refractivity (Wildman–Crippen MR) is 127 cm³/mol. The van der Waals surface area contributed by atoms with Crippen LogP contribution >= 0.6 is 35.4 Å². The number of halogens is 3. The second kappa shape index (κ2) is 8.15. The van der Waals surface area contributed by atoms with E-state index in [0.29, 0.717) is 27.5 Å². The highest BCUT2D eigenvalue weighted by molar-refractivity contribution is 7.80. The lowest BCUT2D eigenvalue weighted by Gasteiger charge is -2.37. The quantitative estimate of drug-likeness (QED) is 0.322. The monoisotopic (exact) mass is 470 g/mol. The molecule has 3 nitrogen and oxygen atoms in total. The van der Waals surface area contributed by atoms with E-state index in [2.05, 4.69) is 4.98 Å². The fourth-order valence-electron chi connectivity index (χ4n) is 4.11. The topological polar surface area (TPSA) is 28.3 Å². The van der Waals surface area contributed by atoms with Gasteiger partial charge in [0.1, 0.15) is 11.6 Å². The number of ether oxygens (including phenoxy) is 1. The normalized spacial score (nSPS) is 15.7. The molecular formula is C24H17Cl2FN2OS. The molecule has 0 fully saturated rings. The summed E-state index contributed by atoms with van der Waals surface area (Å²) < 4.78 is 19.2. The molecule has 0 radical (unpaired) electrons. The van der Waals surface area contributed by atoms with Crippen molar-refractivity contribution in [3.05, 3.63) is 99.4 Å². The van der Waals surface area contributed by atoms with E-state index in [0.717, 1.165) is 28.6 Å². The molecule has 156 valence electrons. The summed E-state index contributed by atoms with van der Waals surface area (Å²) >= 11 is 18.1. The van der Waals surface area contributed by atoms with E-state index < -0.39 is 0 Å². The third kappa shape index (κ3) is 3.89. The van der Waals surface area contributed by atoms with Crippen molar-refractivity contribution in [2.75, 3.05) is 6.54 Å². The minimum Gasteiger partial charge on any atom is -0.432 e. The van der Waals surface area contributed by atoms with E-state index in [1.807, 2.05) is 47.4 Å². The average Bonchev–Trinajstić information content (AvgIpc) is 3.13. The third-order valence-electron chi connectivity index (χ3n) is 5.53. The van der Waals surface area contributed by atoms with Crippen LogP contribution in [-0.4, -0.2) is 21.6 Å². The first-order valence-corrected chi connectivity index (χ1v) is 11.0. The summed E-state index contributed by atoms with van der Waals surface area (Å²) in [6.45, 7) is 0.666. The molecule has 3 aromatic carbocycles. The maximum absolute atomic E-state index is 13.3. The van der Waals surface area contributed by atoms with Gasteiger partial charge in [0, 0.05) is 33.2 Å². The Hall–Kier alpha value is -2.60. The Bertz CT molecular complexity index is 1270. The number of rotatable bonds is 2. The number of benzene rings is 3. The number of fused-ring (bicyclic) bond motifs is 3. The van der Waals surface area contributed by atoms with Crippen LogP contribution < -0.4 is 4.74 Å². The zero-order valence-corrected chi connectivity index (χ0v) is 18.6. The molecule has 7 heteroatoms. The van der Waals surface area contributed by atoms with Crippen LogP contribution in [0.2, 0.25) is 10.0 Å². The lowest BCUT2D eigenvalue weighted by atomic mass is 9.93. The molecule has 5 rings (SSSR count). The van der Waals surface area contributed by atoms with E-state index in [4.69, 9.17) is 40.2 Å². The van der Waals surface area contributed by atoms with Gasteiger partial charge in [0.25, 0.3) is 5.17 Å². The van der Waals surface area contributed by atoms with E-state index >= 15 is 0 Å². The Morgan fingerprint density at radius 1 is 1.00 bits per heavy atom. The number of thiocarbonyl (C=S) groups is 1. The molecule has 0 spiro atoms. The first kappa shape index (κ1) is 20.3. The van der Waals surface area contributed by atoms with Crippen LogP contribution in [0.4, 0.5) is 4.39 Å². The highest BCUT2D eigenvalue weighted by atomic mass is 35.5. The summed E-state index contributed by atoms with van der Waals surface area (Å²) in [5.41, 5.74) is 4.34. The van der Waals surface area contributed by atoms with Gasteiger partial charge in [-0.05, 0) is 84.4 Å². The van der Waals surface area contributed by atoms with Crippen LogP contribution in [0, 0.1) is 5.82 Å². The number of aromatic amines is 1. The summed E-state index contributed by atoms with van der Waals surface area (Å²) in [6.07, 6.45) is 0.784. The van der Waals surface area contributed by atoms with Crippen LogP contribution in [0.25, 0.3) is 10.9 Å². The third-order valence-corrected chi connectivity index (χ3v) is 6.33. The van der Waals surface area contributed by atoms with Gasteiger partial charge in [0.15, 0.2) is 0 Å². The van der Waals surface area contributed by atoms with Crippen molar-refractivity contribution >= 4 is 51.5 Å². The maximum atomic E-state index is 13.3. The highest BCUT2D eigenvalue weighted by Crippen LogP contribution is 2.39. The Morgan fingerprint density at radius 2 is 1.71 bits per heavy atom. The molecule has 1 atom stereocenters. The van der Waals surface area contributed by atoms with Crippen LogP contribution in [-0.2, 0) is 6.42 Å². The van der Waals surface area contributed by atoms with Crippen LogP contribution in [0.3, 0.4) is 0 Å². The Balaban J connectivity index is 1.58. The molecular weight excluding hydrogens is 454 g/mol. The molecule has 0 aliphatic carbocycles. The molecule has 1 aliphatic rings. The van der Waals surface area contributed by atoms with Crippen LogP contribution in [0.1, 0.15) is 22.9 Å². The Labute approximate surface area is 194 Å². The molecule has 0 amide bonds. The number of aromatic nitrogens is 1. The predicted octanol–water partition coefficient (Wildman–Crippen LogP) is 6.93. The SMILES string of the molecule is Fc1ccc(OC(=S)N2CCc3c([nH]c4ccc(Cl)cc34)C2c2ccc(Cl)cc2)cc1. The van der Waals surface area contributed by atoms with Crippen LogP contribution in [0.5, 0.6) is 5.75 Å². The zero-order chi connectivity index (χ0) is 21.5. The molecule has 0 saturated heterocycles. The fourth-order valence-corrected chi connectivity index (χ4v) is 4.70. The first-order chi connectivity index (χ1) is 15.0. The summed E-state index contributed by atoms with van der Waals surface area (Å²) in [5, 5.41) is 2.82. The lowest BCUT2D eigenvalue weighted by molar-refractivity contribution is 0.289. The maximum Gasteiger partial charge on any atom is 0.265 e. The van der Waals surface area contributed by atoms with E-state index in [1.54, 1.807) is 12.1 Å². The standard InChI is InChI=1S/C24H17Cl2FN2OS/c25-15-3-1-14(2-4-15)23-22-19(20-13-16(26)5-10-21(20)28-22)11-12-29(23)24(31)30-18-8-6-17(27)7-9-18/h1-10,13,23,28H,11-12H2. The molecule has 0 saturated carbocycles. The van der Waals surface area contributed by atoms with Gasteiger partial charge in [-0.2, -0.15) is 0 Å². The second-order valence-electron chi connectivity index (χ2n) is 7.43. The minimum atomic E-state index is -0.323. The van der Waals surface area contributed by atoms with Gasteiger partial charge in [-0.25, -0.2) is 4.39 Å². The molecule has 31 heavy (non-hydrogen) atoms. The van der Waals surface area contributed by atoms with Crippen molar-refractivity contribution < 1.29 is 9.13 Å². The zero-order valence-electron chi connectivity index (χ0n) is 16.2. The van der Waals surface area contributed by atoms with Gasteiger partial charge in [-0.1, -0.05) is 35.3 Å². The minimum absolute atomic E-state index is 0.180. The molecule has 1 unspecified atom stereocenters. The Morgan fingerprint density at radius 3 is 2.45 bits per heavy atom. The summed E-state index contributed by atoms with van der Waals surface area (Å²) in [5.74, 6) is 0.173. The molecule has 2 heterocycles. The van der Waals surface area contributed by atoms with E-state index in [1.165, 1.54) is 17.7 Å². The highest BCUT2D eigenvalue weighted by Gasteiger charge is 2.34. The number of nitrogens with one attached hydrogen (secondary N) is 1. The summed E-state index contributed by atoms with van der Waals surface area (Å²) in [7, 11) is 0. The number of hydrogen-bond acceptors (Lipinski definition) is 2. The van der Waals surface area contributed by atoms with E-state index in [-0.39, 0.29) is 11.9 Å². The summed E-state index contributed by atoms with van der Waals surface area (Å²) in [6, 6.07) is 19.2. The summed E-state index contributed by atoms with van der Waals surface area (Å²) in [4.78, 5) is 5.61. The number of H-pyrrole nitrogens is 1. The number of hydrogen-bond donors (Lipinski definition) is 1. The van der Waals surface area contributed by atoms with Gasteiger partial charge in [0.05, 0.1) is 6.04 Å². The first-order valence-electron chi connectivity index (χ1n) is 9.79. The Kier molecular flexibility index (Phi) is 5.34. The largest absolute Gasteiger partial charge is 0.432 e. The van der Waals surface area contributed by atoms with Crippen LogP contribution in [0.15, 0.2) is 66.7 Å². The molecule has 4 aromatic rings. The van der Waals surface area contributed by atoms with Crippen molar-refractivity contribution in [2.45, 2.75) is 12.5 Å². The smallest absolute Gasteiger partial charge is 0.265 e. The second-order valence-corrected chi connectivity index (χ2v) is 8.65. The van der Waals surface area contributed by atoms with E-state index in [9.17, 15) is 4.39 Å².